The molecule has 0 bridgehead atoms. The molecule has 6 aromatic rings. The summed E-state index contributed by atoms with van der Waals surface area (Å²) in [4.78, 5) is 74.5. The molecule has 3 unspecified atom stereocenters. The summed E-state index contributed by atoms with van der Waals surface area (Å²) in [6.45, 7) is 11.8. The molecule has 4 N–H and O–H groups in total. The topological polar surface area (TPSA) is 207 Å². The van der Waals surface area contributed by atoms with Gasteiger partial charge in [-0.15, -0.1) is 0 Å². The molecule has 19 heteroatoms. The highest BCUT2D eigenvalue weighted by Gasteiger charge is 2.36. The number of aryl methyl sites for hydroxylation is 1. The van der Waals surface area contributed by atoms with Gasteiger partial charge in [-0.25, -0.2) is 28.9 Å². The van der Waals surface area contributed by atoms with Crippen LogP contribution >= 0.6 is 0 Å². The molecule has 0 spiro atoms. The molecule has 2 aromatic carbocycles. The number of imidazole rings is 3. The highest BCUT2D eigenvalue weighted by molar-refractivity contribution is 5.93. The van der Waals surface area contributed by atoms with Crippen LogP contribution in [0.5, 0.6) is 5.75 Å². The molecule has 4 aromatic heterocycles. The number of methoxy groups -OCH3 is 2. The number of carbonyl (C=O) groups is 4. The maximum Gasteiger partial charge on any atom is 0.407 e. The molecule has 3 aliphatic rings. The number of amides is 4. The maximum absolute atomic E-state index is 16.8. The summed E-state index contributed by atoms with van der Waals surface area (Å²) in [7, 11) is 2.51. The van der Waals surface area contributed by atoms with Crippen molar-refractivity contribution in [3.05, 3.63) is 84.0 Å². The van der Waals surface area contributed by atoms with Crippen LogP contribution < -0.4 is 15.4 Å². The summed E-state index contributed by atoms with van der Waals surface area (Å²) < 4.78 is 37.3. The normalized spacial score (nSPS) is 16.3. The minimum absolute atomic E-state index is 0.168. The van der Waals surface area contributed by atoms with Crippen LogP contribution in [0.1, 0.15) is 102 Å². The summed E-state index contributed by atoms with van der Waals surface area (Å²) >= 11 is 0. The molecule has 0 saturated carbocycles. The van der Waals surface area contributed by atoms with E-state index in [2.05, 4.69) is 53.7 Å². The van der Waals surface area contributed by atoms with Gasteiger partial charge in [0.05, 0.1) is 73.6 Å². The largest absolute Gasteiger partial charge is 0.463 e. The predicted molar refractivity (Wildman–Crippen MR) is 252 cm³/mol. The zero-order valence-electron chi connectivity index (χ0n) is 39.6. The Morgan fingerprint density at radius 1 is 0.926 bits per heavy atom. The minimum atomic E-state index is -0.764. The van der Waals surface area contributed by atoms with Crippen molar-refractivity contribution in [2.24, 2.45) is 5.92 Å². The van der Waals surface area contributed by atoms with Crippen molar-refractivity contribution in [1.82, 2.24) is 54.5 Å². The zero-order chi connectivity index (χ0) is 48.2. The maximum atomic E-state index is 16.8. The molecule has 68 heavy (non-hydrogen) atoms. The van der Waals surface area contributed by atoms with Crippen LogP contribution in [0.2, 0.25) is 0 Å². The lowest BCUT2D eigenvalue weighted by Gasteiger charge is -2.31. The van der Waals surface area contributed by atoms with E-state index in [-0.39, 0.29) is 36.9 Å². The van der Waals surface area contributed by atoms with Crippen molar-refractivity contribution < 1.29 is 37.8 Å². The smallest absolute Gasteiger partial charge is 0.407 e. The molecule has 4 amide bonds. The van der Waals surface area contributed by atoms with Crippen molar-refractivity contribution in [3.8, 4) is 39.5 Å². The molecule has 1 fully saturated rings. The van der Waals surface area contributed by atoms with E-state index in [4.69, 9.17) is 14.5 Å². The molecule has 360 valence electrons. The molecule has 3 atom stereocenters. The fourth-order valence-electron chi connectivity index (χ4n) is 9.30. The van der Waals surface area contributed by atoms with Gasteiger partial charge in [-0.05, 0) is 61.9 Å². The van der Waals surface area contributed by atoms with Crippen molar-refractivity contribution >= 4 is 34.9 Å². The SMILES string of the molecule is CCC.CCCN(Cc1ncc(-c2ccc3c(c2)cc2n3C(c3cnc4n3CCC4)Oc3cc(-c4cnc(C5CCCN5C(=O)CNC(=O)OC)[nH]4)cc(F)c3-2)[nH]1)C(=O)C(NC(=O)OC)C(C)C. The highest BCUT2D eigenvalue weighted by atomic mass is 19.1. The number of aromatic nitrogens is 7. The molecule has 9 rings (SSSR count). The molecule has 0 radical (unpaired) electrons. The number of carbonyl (C=O) groups excluding carboxylic acids is 4. The molecule has 18 nitrogen and oxygen atoms in total. The predicted octanol–water partition coefficient (Wildman–Crippen LogP) is 7.86. The molecular formula is C49H60FN11O7. The van der Waals surface area contributed by atoms with Gasteiger partial charge in [0.25, 0.3) is 0 Å². The van der Waals surface area contributed by atoms with Gasteiger partial charge in [0, 0.05) is 42.6 Å². The quantitative estimate of drug-likeness (QED) is 0.0882. The van der Waals surface area contributed by atoms with E-state index in [1.165, 1.54) is 26.7 Å². The number of H-pyrrole nitrogens is 2. The van der Waals surface area contributed by atoms with Crippen molar-refractivity contribution in [2.45, 2.75) is 105 Å². The third kappa shape index (κ3) is 9.38. The van der Waals surface area contributed by atoms with E-state index >= 15 is 4.39 Å². The Bertz CT molecular complexity index is 2810. The zero-order valence-corrected chi connectivity index (χ0v) is 39.6. The lowest BCUT2D eigenvalue weighted by molar-refractivity contribution is -0.135. The van der Waals surface area contributed by atoms with Crippen LogP contribution in [0.4, 0.5) is 14.0 Å². The van der Waals surface area contributed by atoms with Gasteiger partial charge in [0.1, 0.15) is 47.3 Å². The van der Waals surface area contributed by atoms with Gasteiger partial charge < -0.3 is 49.2 Å². The first-order valence-corrected chi connectivity index (χ1v) is 23.4. The second-order valence-corrected chi connectivity index (χ2v) is 17.7. The number of likely N-dealkylation sites (tertiary alicyclic amines) is 1. The van der Waals surface area contributed by atoms with E-state index in [0.29, 0.717) is 65.8 Å². The Morgan fingerprint density at radius 2 is 1.69 bits per heavy atom. The second kappa shape index (κ2) is 20.4. The summed E-state index contributed by atoms with van der Waals surface area (Å²) in [6.07, 6.45) is 8.44. The number of hydrogen-bond acceptors (Lipinski definition) is 10. The van der Waals surface area contributed by atoms with Crippen LogP contribution in [-0.2, 0) is 38.6 Å². The van der Waals surface area contributed by atoms with Gasteiger partial charge in [0.2, 0.25) is 18.0 Å². The summed E-state index contributed by atoms with van der Waals surface area (Å²) in [5.41, 5.74) is 5.34. The number of aromatic amines is 2. The monoisotopic (exact) mass is 933 g/mol. The van der Waals surface area contributed by atoms with E-state index in [0.717, 1.165) is 59.5 Å². The van der Waals surface area contributed by atoms with Gasteiger partial charge >= 0.3 is 12.2 Å². The van der Waals surface area contributed by atoms with Crippen LogP contribution in [0.3, 0.4) is 0 Å². The van der Waals surface area contributed by atoms with Crippen LogP contribution in [0.15, 0.2) is 55.0 Å². The molecular weight excluding hydrogens is 874 g/mol. The number of halogens is 1. The first-order chi connectivity index (χ1) is 32.9. The third-order valence-electron chi connectivity index (χ3n) is 12.5. The third-order valence-corrected chi connectivity index (χ3v) is 12.5. The van der Waals surface area contributed by atoms with Crippen LogP contribution in [0, 0.1) is 11.7 Å². The fraction of sp³-hybridized carbons (Fsp3) is 0.449. The standard InChI is InChI=1S/C46H52FN11O7.C3H8/c1-6-13-55(43(60)41(25(2)3)54-46(62)64-5)24-37-48-20-30(52-37)26-11-12-32-28(16-26)18-34-40-29(47)17-27(19-36(40)65-44(58(32)34)35-22-49-38-10-8-14-56(35)38)31-21-50-42(53-31)33-9-7-15-57(33)39(59)23-51-45(61)63-4;1-3-2/h11-12,16-22,25,33,41,44H,6-10,13-15,23-24H2,1-5H3,(H,48,52)(H,50,53)(H,51,61)(H,54,62);3H2,1-2H3. The first kappa shape index (κ1) is 47.3. The van der Waals surface area contributed by atoms with E-state index in [9.17, 15) is 19.2 Å². The number of benzene rings is 2. The molecule has 3 aliphatic heterocycles. The molecule has 1 saturated heterocycles. The van der Waals surface area contributed by atoms with Crippen LogP contribution in [-0.4, -0.2) is 108 Å². The second-order valence-electron chi connectivity index (χ2n) is 17.7. The average molecular weight is 934 g/mol. The molecule has 0 aliphatic carbocycles. The van der Waals surface area contributed by atoms with Crippen molar-refractivity contribution in [1.29, 1.82) is 0 Å². The fourth-order valence-corrected chi connectivity index (χ4v) is 9.30. The highest BCUT2D eigenvalue weighted by Crippen LogP contribution is 2.48. The Labute approximate surface area is 394 Å². The number of rotatable bonds is 13. The van der Waals surface area contributed by atoms with Crippen molar-refractivity contribution in [3.63, 3.8) is 0 Å². The van der Waals surface area contributed by atoms with E-state index < -0.39 is 30.3 Å². The van der Waals surface area contributed by atoms with Gasteiger partial charge in [-0.1, -0.05) is 47.1 Å². The summed E-state index contributed by atoms with van der Waals surface area (Å²) in [6, 6.07) is 10.2. The number of alkyl carbamates (subject to hydrolysis) is 2. The minimum Gasteiger partial charge on any atom is -0.463 e. The average Bonchev–Trinajstić information content (AvgIpc) is 4.19. The number of fused-ring (bicyclic) bond motifs is 6. The van der Waals surface area contributed by atoms with E-state index in [1.807, 2.05) is 61.9 Å². The lowest BCUT2D eigenvalue weighted by Crippen LogP contribution is -2.51. The summed E-state index contributed by atoms with van der Waals surface area (Å²) in [5.74, 6) is 1.36. The van der Waals surface area contributed by atoms with Crippen LogP contribution in [0.25, 0.3) is 44.7 Å². The Kier molecular flexibility index (Phi) is 14.2. The van der Waals surface area contributed by atoms with Gasteiger partial charge in [0.15, 0.2) is 0 Å². The number of nitrogens with one attached hydrogen (secondary N) is 4. The van der Waals surface area contributed by atoms with E-state index in [1.54, 1.807) is 22.2 Å². The summed E-state index contributed by atoms with van der Waals surface area (Å²) in [5, 5.41) is 5.98. The first-order valence-electron chi connectivity index (χ1n) is 23.4. The van der Waals surface area contributed by atoms with Gasteiger partial charge in [-0.2, -0.15) is 0 Å². The number of nitrogens with zero attached hydrogens (tertiary/aromatic N) is 7. The Balaban J connectivity index is 0.00000203. The number of hydrogen-bond donors (Lipinski definition) is 4. The molecule has 7 heterocycles. The van der Waals surface area contributed by atoms with Gasteiger partial charge in [-0.3, -0.25) is 14.2 Å². The Morgan fingerprint density at radius 3 is 2.44 bits per heavy atom. The van der Waals surface area contributed by atoms with Crippen molar-refractivity contribution in [2.75, 3.05) is 33.9 Å². The Hall–Kier alpha value is -7.18. The lowest BCUT2D eigenvalue weighted by atomic mass is 10.0. The number of ether oxygens (including phenoxy) is 3.